The van der Waals surface area contributed by atoms with E-state index >= 15 is 0 Å². The van der Waals surface area contributed by atoms with E-state index in [9.17, 15) is 9.90 Å². The summed E-state index contributed by atoms with van der Waals surface area (Å²) in [5, 5.41) is 18.4. The molecule has 0 amide bonds. The number of rotatable bonds is 6. The first-order chi connectivity index (χ1) is 10.2. The first-order valence-electron chi connectivity index (χ1n) is 7.51. The molecule has 0 aliphatic heterocycles. The Morgan fingerprint density at radius 1 is 1.48 bits per heavy atom. The number of benzene rings is 1. The van der Waals surface area contributed by atoms with Crippen molar-refractivity contribution in [1.29, 1.82) is 0 Å². The monoisotopic (exact) mass is 288 g/mol. The fourth-order valence-corrected chi connectivity index (χ4v) is 2.93. The lowest BCUT2D eigenvalue weighted by atomic mass is 10.1. The van der Waals surface area contributed by atoms with E-state index in [2.05, 4.69) is 16.5 Å². The number of hydrogen-bond donors (Lipinski definition) is 2. The van der Waals surface area contributed by atoms with Crippen molar-refractivity contribution in [2.45, 2.75) is 44.6 Å². The van der Waals surface area contributed by atoms with Crippen molar-refractivity contribution in [3.8, 4) is 0 Å². The Kier molecular flexibility index (Phi) is 3.68. The SMILES string of the molecule is CCC(CCO)n1c(C2CC2)nc2cc(C(=O)O)ccc21. The Bertz CT molecular complexity index is 673. The normalized spacial score (nSPS) is 16.3. The van der Waals surface area contributed by atoms with Gasteiger partial charge in [-0.25, -0.2) is 9.78 Å². The number of imidazole rings is 1. The molecular formula is C16H20N2O3. The molecule has 0 radical (unpaired) electrons. The number of aromatic nitrogens is 2. The molecule has 1 aliphatic carbocycles. The Hall–Kier alpha value is -1.88. The van der Waals surface area contributed by atoms with Gasteiger partial charge in [0.05, 0.1) is 16.6 Å². The first kappa shape index (κ1) is 14.1. The minimum Gasteiger partial charge on any atom is -0.478 e. The van der Waals surface area contributed by atoms with Gasteiger partial charge < -0.3 is 14.8 Å². The average Bonchev–Trinajstić information content (AvgIpc) is 3.25. The maximum Gasteiger partial charge on any atom is 0.335 e. The average molecular weight is 288 g/mol. The van der Waals surface area contributed by atoms with Crippen molar-refractivity contribution in [2.75, 3.05) is 6.61 Å². The number of aliphatic hydroxyl groups is 1. The van der Waals surface area contributed by atoms with Crippen LogP contribution >= 0.6 is 0 Å². The molecule has 1 aromatic heterocycles. The van der Waals surface area contributed by atoms with Gasteiger partial charge in [-0.1, -0.05) is 6.92 Å². The number of carboxylic acid groups (broad SMARTS) is 1. The first-order valence-corrected chi connectivity index (χ1v) is 7.51. The Labute approximate surface area is 123 Å². The van der Waals surface area contributed by atoms with E-state index in [0.717, 1.165) is 36.1 Å². The van der Waals surface area contributed by atoms with Gasteiger partial charge in [-0.3, -0.25) is 0 Å². The molecule has 0 bridgehead atoms. The number of carboxylic acids is 1. The van der Waals surface area contributed by atoms with Crippen LogP contribution in [-0.4, -0.2) is 32.3 Å². The van der Waals surface area contributed by atoms with Crippen LogP contribution in [-0.2, 0) is 0 Å². The molecular weight excluding hydrogens is 268 g/mol. The third-order valence-electron chi connectivity index (χ3n) is 4.20. The molecule has 21 heavy (non-hydrogen) atoms. The molecule has 112 valence electrons. The molecule has 5 nitrogen and oxygen atoms in total. The van der Waals surface area contributed by atoms with Crippen molar-refractivity contribution in [2.24, 2.45) is 0 Å². The molecule has 1 fully saturated rings. The highest BCUT2D eigenvalue weighted by atomic mass is 16.4. The van der Waals surface area contributed by atoms with Crippen LogP contribution in [0.1, 0.15) is 60.7 Å². The summed E-state index contributed by atoms with van der Waals surface area (Å²) in [4.78, 5) is 15.8. The minimum atomic E-state index is -0.929. The van der Waals surface area contributed by atoms with Crippen molar-refractivity contribution < 1.29 is 15.0 Å². The summed E-state index contributed by atoms with van der Waals surface area (Å²) in [6.07, 6.45) is 3.91. The topological polar surface area (TPSA) is 75.3 Å². The van der Waals surface area contributed by atoms with Crippen molar-refractivity contribution >= 4 is 17.0 Å². The Morgan fingerprint density at radius 2 is 2.24 bits per heavy atom. The molecule has 1 aromatic carbocycles. The van der Waals surface area contributed by atoms with E-state index in [4.69, 9.17) is 5.11 Å². The fraction of sp³-hybridized carbons (Fsp3) is 0.500. The molecule has 1 heterocycles. The summed E-state index contributed by atoms with van der Waals surface area (Å²) >= 11 is 0. The quantitative estimate of drug-likeness (QED) is 0.857. The molecule has 1 aliphatic rings. The summed E-state index contributed by atoms with van der Waals surface area (Å²) in [7, 11) is 0. The third kappa shape index (κ3) is 2.53. The van der Waals surface area contributed by atoms with Gasteiger partial charge in [-0.2, -0.15) is 0 Å². The standard InChI is InChI=1S/C16H20N2O3/c1-2-12(7-8-19)18-14-6-5-11(16(20)21)9-13(14)17-15(18)10-3-4-10/h5-6,9-10,12,19H,2-4,7-8H2,1H3,(H,20,21). The number of aromatic carboxylic acids is 1. The number of nitrogens with zero attached hydrogens (tertiary/aromatic N) is 2. The zero-order chi connectivity index (χ0) is 15.0. The second kappa shape index (κ2) is 5.48. The van der Waals surface area contributed by atoms with E-state index in [0.29, 0.717) is 12.3 Å². The van der Waals surface area contributed by atoms with Crippen molar-refractivity contribution in [3.63, 3.8) is 0 Å². The van der Waals surface area contributed by atoms with Gasteiger partial charge in [-0.15, -0.1) is 0 Å². The molecule has 0 spiro atoms. The van der Waals surface area contributed by atoms with Crippen LogP contribution in [0.25, 0.3) is 11.0 Å². The second-order valence-electron chi connectivity index (χ2n) is 5.70. The molecule has 1 unspecified atom stereocenters. The van der Waals surface area contributed by atoms with Gasteiger partial charge in [0.15, 0.2) is 0 Å². The van der Waals surface area contributed by atoms with Crippen LogP contribution in [0.15, 0.2) is 18.2 Å². The van der Waals surface area contributed by atoms with Gasteiger partial charge in [-0.05, 0) is 43.9 Å². The van der Waals surface area contributed by atoms with Gasteiger partial charge in [0.1, 0.15) is 5.82 Å². The summed E-state index contributed by atoms with van der Waals surface area (Å²) < 4.78 is 2.22. The third-order valence-corrected chi connectivity index (χ3v) is 4.20. The number of aliphatic hydroxyl groups excluding tert-OH is 1. The smallest absolute Gasteiger partial charge is 0.335 e. The lowest BCUT2D eigenvalue weighted by Gasteiger charge is -2.19. The van der Waals surface area contributed by atoms with Crippen LogP contribution < -0.4 is 0 Å². The number of hydrogen-bond acceptors (Lipinski definition) is 3. The summed E-state index contributed by atoms with van der Waals surface area (Å²) in [5.41, 5.74) is 1.99. The van der Waals surface area contributed by atoms with E-state index in [1.54, 1.807) is 12.1 Å². The Morgan fingerprint density at radius 3 is 2.81 bits per heavy atom. The second-order valence-corrected chi connectivity index (χ2v) is 5.70. The zero-order valence-corrected chi connectivity index (χ0v) is 12.1. The molecule has 3 rings (SSSR count). The van der Waals surface area contributed by atoms with E-state index < -0.39 is 5.97 Å². The molecule has 0 saturated heterocycles. The van der Waals surface area contributed by atoms with Crippen LogP contribution in [0.2, 0.25) is 0 Å². The Balaban J connectivity index is 2.15. The highest BCUT2D eigenvalue weighted by Crippen LogP contribution is 2.42. The van der Waals surface area contributed by atoms with Crippen LogP contribution in [0.4, 0.5) is 0 Å². The summed E-state index contributed by atoms with van der Waals surface area (Å²) in [6.45, 7) is 2.25. The van der Waals surface area contributed by atoms with E-state index in [-0.39, 0.29) is 18.2 Å². The minimum absolute atomic E-state index is 0.148. The van der Waals surface area contributed by atoms with E-state index in [1.165, 1.54) is 0 Å². The fourth-order valence-electron chi connectivity index (χ4n) is 2.93. The predicted octanol–water partition coefficient (Wildman–Crippen LogP) is 2.95. The highest BCUT2D eigenvalue weighted by Gasteiger charge is 2.31. The highest BCUT2D eigenvalue weighted by molar-refractivity contribution is 5.92. The van der Waals surface area contributed by atoms with E-state index in [1.807, 2.05) is 6.07 Å². The summed E-state index contributed by atoms with van der Waals surface area (Å²) in [5.74, 6) is 0.605. The maximum absolute atomic E-state index is 11.1. The predicted molar refractivity (Wildman–Crippen MR) is 79.7 cm³/mol. The van der Waals surface area contributed by atoms with Crippen LogP contribution in [0, 0.1) is 0 Å². The van der Waals surface area contributed by atoms with Gasteiger partial charge in [0.25, 0.3) is 0 Å². The van der Waals surface area contributed by atoms with Gasteiger partial charge in [0, 0.05) is 18.6 Å². The molecule has 5 heteroatoms. The van der Waals surface area contributed by atoms with Crippen LogP contribution in [0.5, 0.6) is 0 Å². The molecule has 2 N–H and O–H groups in total. The van der Waals surface area contributed by atoms with Crippen molar-refractivity contribution in [3.05, 3.63) is 29.6 Å². The molecule has 2 aromatic rings. The van der Waals surface area contributed by atoms with Crippen molar-refractivity contribution in [1.82, 2.24) is 9.55 Å². The summed E-state index contributed by atoms with van der Waals surface area (Å²) in [6, 6.07) is 5.33. The largest absolute Gasteiger partial charge is 0.478 e. The number of fused-ring (bicyclic) bond motifs is 1. The maximum atomic E-state index is 11.1. The zero-order valence-electron chi connectivity index (χ0n) is 12.1. The molecule has 1 saturated carbocycles. The molecule has 1 atom stereocenters. The number of carbonyl (C=O) groups is 1. The van der Waals surface area contributed by atoms with Gasteiger partial charge >= 0.3 is 5.97 Å². The van der Waals surface area contributed by atoms with Gasteiger partial charge in [0.2, 0.25) is 0 Å². The lowest BCUT2D eigenvalue weighted by molar-refractivity contribution is 0.0697. The lowest BCUT2D eigenvalue weighted by Crippen LogP contribution is -2.13. The van der Waals surface area contributed by atoms with Crippen LogP contribution in [0.3, 0.4) is 0 Å².